The van der Waals surface area contributed by atoms with Gasteiger partial charge in [0.25, 0.3) is 16.1 Å². The van der Waals surface area contributed by atoms with E-state index >= 15 is 0 Å². The molecule has 0 radical (unpaired) electrons. The first-order valence-corrected chi connectivity index (χ1v) is 8.94. The molecule has 0 aliphatic carbocycles. The van der Waals surface area contributed by atoms with Gasteiger partial charge in [-0.2, -0.15) is 17.0 Å². The van der Waals surface area contributed by atoms with Gasteiger partial charge < -0.3 is 14.8 Å². The molecule has 24 heavy (non-hydrogen) atoms. The van der Waals surface area contributed by atoms with Crippen molar-refractivity contribution in [3.8, 4) is 5.75 Å². The Morgan fingerprint density at radius 3 is 2.79 bits per heavy atom. The lowest BCUT2D eigenvalue weighted by atomic mass is 10.2. The predicted octanol–water partition coefficient (Wildman–Crippen LogP) is -0.181. The number of carbonyl (C=O) groups is 1. The Hall–Kier alpha value is -1.68. The van der Waals surface area contributed by atoms with Gasteiger partial charge >= 0.3 is 0 Å². The highest BCUT2D eigenvalue weighted by Crippen LogP contribution is 2.17. The monoisotopic (exact) mass is 357 g/mol. The minimum absolute atomic E-state index is 0.00172. The van der Waals surface area contributed by atoms with Crippen molar-refractivity contribution in [2.24, 2.45) is 0 Å². The third kappa shape index (κ3) is 4.23. The first kappa shape index (κ1) is 18.7. The zero-order valence-corrected chi connectivity index (χ0v) is 14.9. The fourth-order valence-electron chi connectivity index (χ4n) is 2.37. The Balaban J connectivity index is 1.97. The lowest BCUT2D eigenvalue weighted by molar-refractivity contribution is -0.136. The van der Waals surface area contributed by atoms with Crippen molar-refractivity contribution in [3.05, 3.63) is 29.8 Å². The highest BCUT2D eigenvalue weighted by atomic mass is 32.2. The topological polar surface area (TPSA) is 88.2 Å². The number of nitrogens with zero attached hydrogens (tertiary/aromatic N) is 2. The van der Waals surface area contributed by atoms with Gasteiger partial charge in [-0.25, -0.2) is 0 Å². The Labute approximate surface area is 142 Å². The number of ether oxygens (including phenoxy) is 2. The van der Waals surface area contributed by atoms with Crippen molar-refractivity contribution < 1.29 is 22.7 Å². The SMILES string of the molecule is COc1ccccc1CNC(=O)[C@@H]1CN(S(=O)(=O)N(C)C)CCO1. The van der Waals surface area contributed by atoms with Crippen LogP contribution in [0.4, 0.5) is 0 Å². The molecule has 8 nitrogen and oxygen atoms in total. The van der Waals surface area contributed by atoms with Gasteiger partial charge in [0.05, 0.1) is 20.3 Å². The number of morpholine rings is 1. The summed E-state index contributed by atoms with van der Waals surface area (Å²) in [6.45, 7) is 0.692. The fraction of sp³-hybridized carbons (Fsp3) is 0.533. The lowest BCUT2D eigenvalue weighted by Crippen LogP contribution is -2.53. The molecule has 1 aromatic carbocycles. The zero-order chi connectivity index (χ0) is 17.7. The summed E-state index contributed by atoms with van der Waals surface area (Å²) in [4.78, 5) is 12.3. The van der Waals surface area contributed by atoms with E-state index in [4.69, 9.17) is 9.47 Å². The van der Waals surface area contributed by atoms with E-state index < -0.39 is 16.3 Å². The predicted molar refractivity (Wildman–Crippen MR) is 88.8 cm³/mol. The van der Waals surface area contributed by atoms with Gasteiger partial charge in [-0.1, -0.05) is 18.2 Å². The highest BCUT2D eigenvalue weighted by Gasteiger charge is 2.34. The molecular formula is C15H23N3O5S. The van der Waals surface area contributed by atoms with Crippen LogP contribution in [0, 0.1) is 0 Å². The maximum absolute atomic E-state index is 12.3. The van der Waals surface area contributed by atoms with E-state index in [1.165, 1.54) is 18.4 Å². The molecule has 1 aliphatic heterocycles. The summed E-state index contributed by atoms with van der Waals surface area (Å²) in [5.74, 6) is 0.332. The van der Waals surface area contributed by atoms with Crippen molar-refractivity contribution in [1.29, 1.82) is 0 Å². The molecule has 0 spiro atoms. The van der Waals surface area contributed by atoms with Crippen molar-refractivity contribution in [2.45, 2.75) is 12.6 Å². The van der Waals surface area contributed by atoms with E-state index in [2.05, 4.69) is 5.32 Å². The second-order valence-electron chi connectivity index (χ2n) is 5.54. The van der Waals surface area contributed by atoms with Gasteiger partial charge in [0.15, 0.2) is 0 Å². The average Bonchev–Trinajstić information content (AvgIpc) is 2.59. The minimum Gasteiger partial charge on any atom is -0.496 e. The largest absolute Gasteiger partial charge is 0.496 e. The molecule has 1 saturated heterocycles. The van der Waals surface area contributed by atoms with Crippen LogP contribution in [0.1, 0.15) is 5.56 Å². The Kier molecular flexibility index (Phi) is 6.16. The first-order chi connectivity index (χ1) is 11.4. The smallest absolute Gasteiger partial charge is 0.281 e. The molecule has 0 bridgehead atoms. The summed E-state index contributed by atoms with van der Waals surface area (Å²) in [6.07, 6.45) is -0.830. The Morgan fingerprint density at radius 1 is 1.42 bits per heavy atom. The quantitative estimate of drug-likeness (QED) is 0.763. The van der Waals surface area contributed by atoms with Gasteiger partial charge in [0, 0.05) is 32.7 Å². The summed E-state index contributed by atoms with van der Waals surface area (Å²) >= 11 is 0. The van der Waals surface area contributed by atoms with Crippen LogP contribution in [0.2, 0.25) is 0 Å². The fourth-order valence-corrected chi connectivity index (χ4v) is 3.46. The van der Waals surface area contributed by atoms with Crippen molar-refractivity contribution in [2.75, 3.05) is 40.9 Å². The van der Waals surface area contributed by atoms with E-state index in [1.807, 2.05) is 24.3 Å². The van der Waals surface area contributed by atoms with Crippen LogP contribution in [-0.2, 0) is 26.3 Å². The molecular weight excluding hydrogens is 334 g/mol. The minimum atomic E-state index is -3.56. The second-order valence-corrected chi connectivity index (χ2v) is 7.68. The molecule has 0 aromatic heterocycles. The lowest BCUT2D eigenvalue weighted by Gasteiger charge is -2.32. The molecule has 9 heteroatoms. The van der Waals surface area contributed by atoms with E-state index in [-0.39, 0.29) is 32.1 Å². The van der Waals surface area contributed by atoms with Crippen LogP contribution in [0.15, 0.2) is 24.3 Å². The number of carbonyl (C=O) groups excluding carboxylic acids is 1. The number of rotatable bonds is 6. The van der Waals surface area contributed by atoms with Gasteiger partial charge in [-0.15, -0.1) is 0 Å². The van der Waals surface area contributed by atoms with E-state index in [9.17, 15) is 13.2 Å². The van der Waals surface area contributed by atoms with Crippen molar-refractivity contribution in [3.63, 3.8) is 0 Å². The number of para-hydroxylation sites is 1. The summed E-state index contributed by atoms with van der Waals surface area (Å²) < 4.78 is 37.4. The van der Waals surface area contributed by atoms with Crippen LogP contribution < -0.4 is 10.1 Å². The van der Waals surface area contributed by atoms with E-state index in [1.54, 1.807) is 7.11 Å². The van der Waals surface area contributed by atoms with Crippen LogP contribution >= 0.6 is 0 Å². The third-order valence-electron chi connectivity index (χ3n) is 3.75. The molecule has 0 unspecified atom stereocenters. The van der Waals surface area contributed by atoms with Crippen molar-refractivity contribution >= 4 is 16.1 Å². The number of hydrogen-bond acceptors (Lipinski definition) is 5. The molecule has 0 saturated carbocycles. The Bertz CT molecular complexity index is 677. The summed E-state index contributed by atoms with van der Waals surface area (Å²) in [6, 6.07) is 7.36. The van der Waals surface area contributed by atoms with Crippen LogP contribution in [0.3, 0.4) is 0 Å². The molecule has 1 heterocycles. The summed E-state index contributed by atoms with van der Waals surface area (Å²) in [7, 11) is 0.927. The van der Waals surface area contributed by atoms with E-state index in [0.717, 1.165) is 9.87 Å². The summed E-state index contributed by atoms with van der Waals surface area (Å²) in [5.41, 5.74) is 0.835. The first-order valence-electron chi connectivity index (χ1n) is 7.55. The molecule has 2 rings (SSSR count). The summed E-state index contributed by atoms with van der Waals surface area (Å²) in [5, 5.41) is 2.77. The normalized spacial score (nSPS) is 19.2. The average molecular weight is 357 g/mol. The molecule has 1 aliphatic rings. The third-order valence-corrected chi connectivity index (χ3v) is 5.66. The maximum Gasteiger partial charge on any atom is 0.281 e. The zero-order valence-electron chi connectivity index (χ0n) is 14.1. The molecule has 1 fully saturated rings. The number of hydrogen-bond donors (Lipinski definition) is 1. The standard InChI is InChI=1S/C15H23N3O5S/c1-17(2)24(20,21)18-8-9-23-14(11-18)15(19)16-10-12-6-4-5-7-13(12)22-3/h4-7,14H,8-11H2,1-3H3,(H,16,19)/t14-/m0/s1. The molecule has 1 aromatic rings. The molecule has 1 N–H and O–H groups in total. The van der Waals surface area contributed by atoms with Gasteiger partial charge in [-0.05, 0) is 6.07 Å². The van der Waals surface area contributed by atoms with E-state index in [0.29, 0.717) is 5.75 Å². The number of nitrogens with one attached hydrogen (secondary N) is 1. The number of methoxy groups -OCH3 is 1. The maximum atomic E-state index is 12.3. The molecule has 1 atom stereocenters. The van der Waals surface area contributed by atoms with Crippen LogP contribution in [0.25, 0.3) is 0 Å². The number of benzene rings is 1. The number of amides is 1. The van der Waals surface area contributed by atoms with Crippen LogP contribution in [0.5, 0.6) is 5.75 Å². The van der Waals surface area contributed by atoms with Gasteiger partial charge in [0.1, 0.15) is 11.9 Å². The van der Waals surface area contributed by atoms with Gasteiger partial charge in [-0.3, -0.25) is 4.79 Å². The van der Waals surface area contributed by atoms with Gasteiger partial charge in [0.2, 0.25) is 0 Å². The van der Waals surface area contributed by atoms with Crippen LogP contribution in [-0.4, -0.2) is 69.9 Å². The highest BCUT2D eigenvalue weighted by molar-refractivity contribution is 7.86. The second kappa shape index (κ2) is 7.93. The molecule has 134 valence electrons. The van der Waals surface area contributed by atoms with Crippen molar-refractivity contribution in [1.82, 2.24) is 13.9 Å². The molecule has 1 amide bonds. The Morgan fingerprint density at radius 2 is 2.12 bits per heavy atom.